The Morgan fingerprint density at radius 1 is 1.24 bits per heavy atom. The van der Waals surface area contributed by atoms with E-state index in [1.807, 2.05) is 23.0 Å². The first-order valence-corrected chi connectivity index (χ1v) is 10.0. The summed E-state index contributed by atoms with van der Waals surface area (Å²) in [7, 11) is 3.00. The van der Waals surface area contributed by atoms with Gasteiger partial charge in [0.25, 0.3) is 0 Å². The van der Waals surface area contributed by atoms with Gasteiger partial charge in [-0.25, -0.2) is 0 Å². The number of rotatable bonds is 8. The zero-order valence-corrected chi connectivity index (χ0v) is 18.6. The maximum Gasteiger partial charge on any atom is 0.573 e. The molecule has 1 aromatic carbocycles. The van der Waals surface area contributed by atoms with Gasteiger partial charge in [-0.2, -0.15) is 5.10 Å². The summed E-state index contributed by atoms with van der Waals surface area (Å²) in [6.45, 7) is 2.14. The number of alkyl halides is 3. The number of amides is 1. The number of nitrogens with one attached hydrogen (secondary N) is 1. The fourth-order valence-electron chi connectivity index (χ4n) is 3.31. The average Bonchev–Trinajstić information content (AvgIpc) is 3.24. The number of aryl methyl sites for hydroxylation is 1. The quantitative estimate of drug-likeness (QED) is 0.304. The van der Waals surface area contributed by atoms with Crippen LogP contribution in [0.3, 0.4) is 0 Å². The van der Waals surface area contributed by atoms with Gasteiger partial charge >= 0.3 is 6.36 Å². The first kappa shape index (κ1) is 24.5. The standard InChI is InChI=1S/C23H22F3N5O3/c1-15-19(10-21(30-29-15)20(11-28-14-32)22(27-2)33-3)17-7-8-31(13-17)12-16-5-4-6-18(9-16)34-23(24,25)26/h4-11,13-14H,12H2,1-3H3,(H,28,32)/b20-11-,27-22?. The third-order valence-corrected chi connectivity index (χ3v) is 4.74. The molecule has 0 spiro atoms. The predicted molar refractivity (Wildman–Crippen MR) is 120 cm³/mol. The molecule has 0 aliphatic rings. The fraction of sp³-hybridized carbons (Fsp3) is 0.217. The fourth-order valence-corrected chi connectivity index (χ4v) is 3.31. The highest BCUT2D eigenvalue weighted by molar-refractivity contribution is 6.19. The van der Waals surface area contributed by atoms with Crippen molar-refractivity contribution in [3.05, 3.63) is 71.9 Å². The summed E-state index contributed by atoms with van der Waals surface area (Å²) in [6, 6.07) is 9.48. The van der Waals surface area contributed by atoms with Gasteiger partial charge in [-0.3, -0.25) is 9.79 Å². The third-order valence-electron chi connectivity index (χ3n) is 4.74. The van der Waals surface area contributed by atoms with Gasteiger partial charge in [0, 0.05) is 43.3 Å². The van der Waals surface area contributed by atoms with E-state index in [0.717, 1.165) is 11.1 Å². The topological polar surface area (TPSA) is 90.6 Å². The van der Waals surface area contributed by atoms with E-state index in [9.17, 15) is 18.0 Å². The highest BCUT2D eigenvalue weighted by atomic mass is 19.4. The van der Waals surface area contributed by atoms with Crippen molar-refractivity contribution in [1.29, 1.82) is 0 Å². The van der Waals surface area contributed by atoms with Crippen molar-refractivity contribution in [1.82, 2.24) is 20.1 Å². The lowest BCUT2D eigenvalue weighted by atomic mass is 10.0. The molecule has 2 aromatic heterocycles. The number of carbonyl (C=O) groups excluding carboxylic acids is 1. The molecule has 0 aliphatic heterocycles. The number of hydrogen-bond acceptors (Lipinski definition) is 6. The minimum Gasteiger partial charge on any atom is -0.481 e. The molecule has 2 heterocycles. The van der Waals surface area contributed by atoms with E-state index in [1.54, 1.807) is 26.1 Å². The number of aromatic nitrogens is 3. The summed E-state index contributed by atoms with van der Waals surface area (Å²) < 4.78 is 48.6. The monoisotopic (exact) mass is 473 g/mol. The minimum atomic E-state index is -4.75. The highest BCUT2D eigenvalue weighted by Crippen LogP contribution is 2.27. The number of carbonyl (C=O) groups is 1. The van der Waals surface area contributed by atoms with Crippen molar-refractivity contribution in [3.8, 4) is 16.9 Å². The Labute approximate surface area is 193 Å². The van der Waals surface area contributed by atoms with Crippen molar-refractivity contribution in [2.75, 3.05) is 14.2 Å². The third kappa shape index (κ3) is 6.21. The van der Waals surface area contributed by atoms with Crippen LogP contribution >= 0.6 is 0 Å². The summed E-state index contributed by atoms with van der Waals surface area (Å²) in [5.74, 6) is -0.0111. The number of nitrogens with zero attached hydrogens (tertiary/aromatic N) is 4. The molecule has 0 saturated heterocycles. The lowest BCUT2D eigenvalue weighted by Gasteiger charge is -2.11. The lowest BCUT2D eigenvalue weighted by molar-refractivity contribution is -0.274. The van der Waals surface area contributed by atoms with E-state index in [4.69, 9.17) is 4.74 Å². The zero-order valence-electron chi connectivity index (χ0n) is 18.6. The molecule has 1 N–H and O–H groups in total. The van der Waals surface area contributed by atoms with Gasteiger partial charge in [0.1, 0.15) is 11.4 Å². The first-order valence-electron chi connectivity index (χ1n) is 10.0. The van der Waals surface area contributed by atoms with E-state index in [2.05, 4.69) is 25.2 Å². The molecule has 3 rings (SSSR count). The van der Waals surface area contributed by atoms with E-state index in [-0.39, 0.29) is 11.6 Å². The Hall–Kier alpha value is -4.15. The van der Waals surface area contributed by atoms with E-state index in [0.29, 0.717) is 35.5 Å². The molecule has 0 atom stereocenters. The predicted octanol–water partition coefficient (Wildman–Crippen LogP) is 3.96. The highest BCUT2D eigenvalue weighted by Gasteiger charge is 2.31. The Balaban J connectivity index is 1.89. The average molecular weight is 473 g/mol. The van der Waals surface area contributed by atoms with Gasteiger partial charge < -0.3 is 19.4 Å². The molecule has 0 radical (unpaired) electrons. The maximum atomic E-state index is 12.5. The van der Waals surface area contributed by atoms with Crippen molar-refractivity contribution >= 4 is 17.9 Å². The number of aliphatic imine (C=N–C) groups is 1. The van der Waals surface area contributed by atoms with Crippen molar-refractivity contribution < 1.29 is 27.4 Å². The van der Waals surface area contributed by atoms with Crippen LogP contribution in [-0.2, 0) is 16.1 Å². The summed E-state index contributed by atoms with van der Waals surface area (Å²) in [4.78, 5) is 14.8. The van der Waals surface area contributed by atoms with Crippen LogP contribution in [0, 0.1) is 6.92 Å². The van der Waals surface area contributed by atoms with Crippen molar-refractivity contribution in [2.24, 2.45) is 4.99 Å². The molecular weight excluding hydrogens is 451 g/mol. The summed E-state index contributed by atoms with van der Waals surface area (Å²) in [5.41, 5.74) is 3.78. The number of methoxy groups -OCH3 is 1. The number of hydrogen-bond donors (Lipinski definition) is 1. The van der Waals surface area contributed by atoms with Crippen LogP contribution in [0.15, 0.2) is 60.0 Å². The van der Waals surface area contributed by atoms with Crippen molar-refractivity contribution in [3.63, 3.8) is 0 Å². The molecule has 8 nitrogen and oxygen atoms in total. The lowest BCUT2D eigenvalue weighted by Crippen LogP contribution is -2.17. The van der Waals surface area contributed by atoms with Crippen LogP contribution < -0.4 is 10.1 Å². The van der Waals surface area contributed by atoms with E-state index in [1.165, 1.54) is 31.5 Å². The van der Waals surface area contributed by atoms with Gasteiger partial charge in [-0.1, -0.05) is 12.1 Å². The molecule has 34 heavy (non-hydrogen) atoms. The van der Waals surface area contributed by atoms with Crippen molar-refractivity contribution in [2.45, 2.75) is 19.8 Å². The number of halogens is 3. The van der Waals surface area contributed by atoms with Gasteiger partial charge in [-0.15, -0.1) is 18.3 Å². The van der Waals surface area contributed by atoms with E-state index < -0.39 is 6.36 Å². The van der Waals surface area contributed by atoms with Gasteiger partial charge in [0.05, 0.1) is 18.4 Å². The Bertz CT molecular complexity index is 1220. The summed E-state index contributed by atoms with van der Waals surface area (Å²) in [5, 5.41) is 10.9. The largest absolute Gasteiger partial charge is 0.573 e. The SMILES string of the molecule is CN=C(OC)/C(=C\NC=O)c1cc(-c2ccn(Cc3cccc(OC(F)(F)F)c3)c2)c(C)nn1. The second kappa shape index (κ2) is 10.6. The second-order valence-electron chi connectivity index (χ2n) is 7.07. The zero-order chi connectivity index (χ0) is 24.7. The smallest absolute Gasteiger partial charge is 0.481 e. The number of ether oxygens (including phenoxy) is 2. The molecule has 0 fully saturated rings. The minimum absolute atomic E-state index is 0.261. The van der Waals surface area contributed by atoms with E-state index >= 15 is 0 Å². The maximum absolute atomic E-state index is 12.5. The Morgan fingerprint density at radius 3 is 2.71 bits per heavy atom. The van der Waals surface area contributed by atoms with Crippen LogP contribution in [0.25, 0.3) is 16.7 Å². The summed E-state index contributed by atoms with van der Waals surface area (Å²) in [6.07, 6.45) is 0.847. The van der Waals surface area contributed by atoms with Gasteiger partial charge in [-0.05, 0) is 36.8 Å². The Kier molecular flexibility index (Phi) is 7.67. The van der Waals surface area contributed by atoms with Gasteiger partial charge in [0.2, 0.25) is 12.3 Å². The molecular formula is C23H22F3N5O3. The molecule has 11 heteroatoms. The molecule has 3 aromatic rings. The van der Waals surface area contributed by atoms with Crippen LogP contribution in [0.1, 0.15) is 17.0 Å². The molecule has 0 aliphatic carbocycles. The first-order chi connectivity index (χ1) is 16.2. The summed E-state index contributed by atoms with van der Waals surface area (Å²) >= 11 is 0. The number of benzene rings is 1. The van der Waals surface area contributed by atoms with Gasteiger partial charge in [0.15, 0.2) is 0 Å². The molecule has 0 bridgehead atoms. The Morgan fingerprint density at radius 2 is 2.03 bits per heavy atom. The second-order valence-corrected chi connectivity index (χ2v) is 7.07. The van der Waals surface area contributed by atoms with Crippen LogP contribution in [0.5, 0.6) is 5.75 Å². The van der Waals surface area contributed by atoms with Crippen LogP contribution in [0.4, 0.5) is 13.2 Å². The normalized spacial score (nSPS) is 12.4. The molecule has 0 unspecified atom stereocenters. The van der Waals surface area contributed by atoms with Crippen LogP contribution in [-0.4, -0.2) is 47.6 Å². The molecule has 178 valence electrons. The molecule has 0 saturated carbocycles. The molecule has 1 amide bonds. The van der Waals surface area contributed by atoms with Crippen LogP contribution in [0.2, 0.25) is 0 Å².